The van der Waals surface area contributed by atoms with E-state index in [0.717, 1.165) is 24.3 Å². The van der Waals surface area contributed by atoms with E-state index in [9.17, 15) is 4.79 Å². The lowest BCUT2D eigenvalue weighted by atomic mass is 9.91. The van der Waals surface area contributed by atoms with Gasteiger partial charge in [-0.05, 0) is 17.9 Å². The lowest BCUT2D eigenvalue weighted by molar-refractivity contribution is -0.112. The summed E-state index contributed by atoms with van der Waals surface area (Å²) in [4.78, 5) is 11.8. The number of benzene rings is 1. The summed E-state index contributed by atoms with van der Waals surface area (Å²) in [6.45, 7) is 4.60. The minimum atomic E-state index is -0.0347. The van der Waals surface area contributed by atoms with Crippen molar-refractivity contribution in [2.45, 2.75) is 84.0 Å². The van der Waals surface area contributed by atoms with Crippen LogP contribution in [0.25, 0.3) is 0 Å². The van der Waals surface area contributed by atoms with Crippen molar-refractivity contribution in [2.24, 2.45) is 5.92 Å². The molecule has 130 valence electrons. The van der Waals surface area contributed by atoms with E-state index in [4.69, 9.17) is 0 Å². The van der Waals surface area contributed by atoms with Crippen LogP contribution >= 0.6 is 12.6 Å². The van der Waals surface area contributed by atoms with Gasteiger partial charge in [0.25, 0.3) is 0 Å². The van der Waals surface area contributed by atoms with E-state index >= 15 is 0 Å². The first kappa shape index (κ1) is 20.3. The maximum absolute atomic E-state index is 11.8. The third-order valence-corrected chi connectivity index (χ3v) is 5.21. The number of hydrogen-bond donors (Lipinski definition) is 1. The Labute approximate surface area is 148 Å². The van der Waals surface area contributed by atoms with Crippen LogP contribution in [0.2, 0.25) is 0 Å². The Kier molecular flexibility index (Phi) is 11.1. The summed E-state index contributed by atoms with van der Waals surface area (Å²) in [6, 6.07) is 10.1. The molecule has 1 aromatic carbocycles. The summed E-state index contributed by atoms with van der Waals surface area (Å²) >= 11 is 4.08. The Hall–Kier alpha value is -0.760. The summed E-state index contributed by atoms with van der Waals surface area (Å²) in [7, 11) is 0. The van der Waals surface area contributed by atoms with Gasteiger partial charge in [0.15, 0.2) is 5.12 Å². The molecule has 0 aliphatic carbocycles. The zero-order valence-corrected chi connectivity index (χ0v) is 15.9. The molecular weight excluding hydrogens is 300 g/mol. The van der Waals surface area contributed by atoms with Crippen molar-refractivity contribution >= 4 is 17.7 Å². The summed E-state index contributed by atoms with van der Waals surface area (Å²) in [5, 5.41) is 0.00168. The van der Waals surface area contributed by atoms with Crippen LogP contribution in [0.15, 0.2) is 30.3 Å². The fraction of sp³-hybridized carbons (Fsp3) is 0.667. The van der Waals surface area contributed by atoms with Crippen LogP contribution in [0.1, 0.15) is 89.5 Å². The normalized spacial score (nSPS) is 13.7. The number of hydrogen-bond acceptors (Lipinski definition) is 1. The topological polar surface area (TPSA) is 17.1 Å². The molecule has 2 heteroatoms. The molecule has 0 bridgehead atoms. The fourth-order valence-electron chi connectivity index (χ4n) is 3.30. The van der Waals surface area contributed by atoms with Crippen molar-refractivity contribution in [3.63, 3.8) is 0 Å². The Morgan fingerprint density at radius 3 is 2.09 bits per heavy atom. The SMILES string of the molecule is CCCCC(CC)CCCCCCC(C(=O)S)c1ccccc1. The van der Waals surface area contributed by atoms with Gasteiger partial charge in [-0.3, -0.25) is 4.79 Å². The zero-order valence-electron chi connectivity index (χ0n) is 15.0. The first-order valence-electron chi connectivity index (χ1n) is 9.46. The quantitative estimate of drug-likeness (QED) is 0.310. The maximum Gasteiger partial charge on any atom is 0.193 e. The van der Waals surface area contributed by atoms with Crippen LogP contribution in [0.4, 0.5) is 0 Å². The number of unbranched alkanes of at least 4 members (excludes halogenated alkanes) is 4. The molecule has 0 amide bonds. The van der Waals surface area contributed by atoms with Gasteiger partial charge in [-0.25, -0.2) is 0 Å². The molecule has 1 rings (SSSR count). The highest BCUT2D eigenvalue weighted by molar-refractivity contribution is 7.96. The average molecular weight is 335 g/mol. The molecule has 0 radical (unpaired) electrons. The van der Waals surface area contributed by atoms with Gasteiger partial charge in [0, 0.05) is 0 Å². The molecule has 1 aromatic rings. The lowest BCUT2D eigenvalue weighted by Gasteiger charge is -2.15. The molecule has 0 N–H and O–H groups in total. The molecule has 0 saturated carbocycles. The molecule has 0 aromatic heterocycles. The van der Waals surface area contributed by atoms with Crippen LogP contribution in [0.5, 0.6) is 0 Å². The molecule has 0 fully saturated rings. The standard InChI is InChI=1S/C21H34OS/c1-3-5-13-18(4-2)14-9-6-7-12-17-20(21(22)23)19-15-10-8-11-16-19/h8,10-11,15-16,18,20H,3-7,9,12-14,17H2,1-2H3,(H,22,23). The molecule has 23 heavy (non-hydrogen) atoms. The predicted molar refractivity (Wildman–Crippen MR) is 104 cm³/mol. The minimum absolute atomic E-state index is 0.00168. The van der Waals surface area contributed by atoms with Crippen molar-refractivity contribution in [3.05, 3.63) is 35.9 Å². The fourth-order valence-corrected chi connectivity index (χ4v) is 3.58. The van der Waals surface area contributed by atoms with Gasteiger partial charge < -0.3 is 0 Å². The third kappa shape index (κ3) is 8.60. The van der Waals surface area contributed by atoms with Crippen LogP contribution in [-0.4, -0.2) is 5.12 Å². The molecule has 1 nitrogen and oxygen atoms in total. The summed E-state index contributed by atoms with van der Waals surface area (Å²) in [5.74, 6) is 0.888. The van der Waals surface area contributed by atoms with Gasteiger partial charge in [-0.1, -0.05) is 102 Å². The first-order valence-corrected chi connectivity index (χ1v) is 9.91. The molecule has 2 atom stereocenters. The number of rotatable bonds is 13. The molecule has 0 aliphatic rings. The Balaban J connectivity index is 2.21. The first-order chi connectivity index (χ1) is 11.2. The highest BCUT2D eigenvalue weighted by Crippen LogP contribution is 2.26. The second-order valence-electron chi connectivity index (χ2n) is 6.71. The largest absolute Gasteiger partial charge is 0.287 e. The minimum Gasteiger partial charge on any atom is -0.287 e. The van der Waals surface area contributed by atoms with Gasteiger partial charge in [0.2, 0.25) is 0 Å². The van der Waals surface area contributed by atoms with Gasteiger partial charge in [-0.15, -0.1) is 12.6 Å². The highest BCUT2D eigenvalue weighted by Gasteiger charge is 2.16. The van der Waals surface area contributed by atoms with Crippen molar-refractivity contribution < 1.29 is 4.79 Å². The molecule has 2 unspecified atom stereocenters. The van der Waals surface area contributed by atoms with Gasteiger partial charge in [0.05, 0.1) is 5.92 Å². The molecular formula is C21H34OS. The second-order valence-corrected chi connectivity index (χ2v) is 7.15. The summed E-state index contributed by atoms with van der Waals surface area (Å²) in [5.41, 5.74) is 1.11. The molecule has 0 heterocycles. The van der Waals surface area contributed by atoms with Gasteiger partial charge in [-0.2, -0.15) is 0 Å². The van der Waals surface area contributed by atoms with Crippen LogP contribution in [0.3, 0.4) is 0 Å². The highest BCUT2D eigenvalue weighted by atomic mass is 32.1. The molecule has 0 saturated heterocycles. The van der Waals surface area contributed by atoms with E-state index in [0.29, 0.717) is 0 Å². The summed E-state index contributed by atoms with van der Waals surface area (Å²) in [6.07, 6.45) is 12.7. The Morgan fingerprint density at radius 1 is 0.913 bits per heavy atom. The van der Waals surface area contributed by atoms with Crippen LogP contribution in [0, 0.1) is 5.92 Å². The van der Waals surface area contributed by atoms with Crippen LogP contribution < -0.4 is 0 Å². The van der Waals surface area contributed by atoms with Crippen molar-refractivity contribution in [3.8, 4) is 0 Å². The number of carbonyl (C=O) groups is 1. The predicted octanol–water partition coefficient (Wildman–Crippen LogP) is 6.78. The van der Waals surface area contributed by atoms with E-state index < -0.39 is 0 Å². The van der Waals surface area contributed by atoms with Crippen molar-refractivity contribution in [1.29, 1.82) is 0 Å². The van der Waals surface area contributed by atoms with E-state index in [2.05, 4.69) is 26.5 Å². The maximum atomic E-state index is 11.8. The van der Waals surface area contributed by atoms with Crippen molar-refractivity contribution in [1.82, 2.24) is 0 Å². The monoisotopic (exact) mass is 334 g/mol. The summed E-state index contributed by atoms with van der Waals surface area (Å²) < 4.78 is 0. The third-order valence-electron chi connectivity index (χ3n) is 4.90. The molecule has 0 spiro atoms. The Bertz CT molecular complexity index is 415. The Morgan fingerprint density at radius 2 is 1.52 bits per heavy atom. The van der Waals surface area contributed by atoms with Gasteiger partial charge >= 0.3 is 0 Å². The molecule has 0 aliphatic heterocycles. The van der Waals surface area contributed by atoms with Crippen LogP contribution in [-0.2, 0) is 4.79 Å². The van der Waals surface area contributed by atoms with Crippen molar-refractivity contribution in [2.75, 3.05) is 0 Å². The second kappa shape index (κ2) is 12.6. The van der Waals surface area contributed by atoms with E-state index in [1.54, 1.807) is 0 Å². The number of thiol groups is 1. The average Bonchev–Trinajstić information content (AvgIpc) is 2.57. The smallest absolute Gasteiger partial charge is 0.193 e. The zero-order chi connectivity index (χ0) is 16.9. The van der Waals surface area contributed by atoms with E-state index in [1.165, 1.54) is 51.4 Å². The number of carbonyl (C=O) groups excluding carboxylic acids is 1. The lowest BCUT2D eigenvalue weighted by Crippen LogP contribution is -2.06. The van der Waals surface area contributed by atoms with E-state index in [1.807, 2.05) is 30.3 Å². The van der Waals surface area contributed by atoms with Gasteiger partial charge in [0.1, 0.15) is 0 Å². The van der Waals surface area contributed by atoms with E-state index in [-0.39, 0.29) is 11.0 Å².